The van der Waals surface area contributed by atoms with E-state index in [2.05, 4.69) is 12.1 Å². The molecule has 0 spiro atoms. The molecule has 0 aliphatic heterocycles. The van der Waals surface area contributed by atoms with E-state index in [1.54, 1.807) is 0 Å². The van der Waals surface area contributed by atoms with Crippen LogP contribution in [0.2, 0.25) is 0 Å². The first-order chi connectivity index (χ1) is 7.81. The van der Waals surface area contributed by atoms with Crippen molar-refractivity contribution >= 4 is 0 Å². The molecule has 2 nitrogen and oxygen atoms in total. The average molecular weight is 220 g/mol. The highest BCUT2D eigenvalue weighted by molar-refractivity contribution is 5.31. The van der Waals surface area contributed by atoms with Gasteiger partial charge in [0.25, 0.3) is 0 Å². The van der Waals surface area contributed by atoms with Crippen LogP contribution in [0.3, 0.4) is 0 Å². The zero-order chi connectivity index (χ0) is 11.4. The fourth-order valence-electron chi connectivity index (χ4n) is 2.50. The van der Waals surface area contributed by atoms with E-state index in [4.69, 9.17) is 4.74 Å². The highest BCUT2D eigenvalue weighted by Crippen LogP contribution is 2.34. The van der Waals surface area contributed by atoms with Gasteiger partial charge in [0.15, 0.2) is 0 Å². The van der Waals surface area contributed by atoms with Gasteiger partial charge >= 0.3 is 0 Å². The molecule has 0 unspecified atom stereocenters. The Morgan fingerprint density at radius 2 is 2.12 bits per heavy atom. The molecular weight excluding hydrogens is 200 g/mol. The van der Waals surface area contributed by atoms with Crippen LogP contribution in [0.1, 0.15) is 44.1 Å². The minimum absolute atomic E-state index is 0.175. The Labute approximate surface area is 97.3 Å². The van der Waals surface area contributed by atoms with Crippen molar-refractivity contribution in [2.45, 2.75) is 44.6 Å². The molecule has 2 atom stereocenters. The second kappa shape index (κ2) is 5.35. The molecule has 0 aromatic heterocycles. The molecule has 1 N–H and O–H groups in total. The van der Waals surface area contributed by atoms with Gasteiger partial charge in [-0.15, -0.1) is 0 Å². The second-order valence-electron chi connectivity index (χ2n) is 4.46. The largest absolute Gasteiger partial charge is 0.494 e. The van der Waals surface area contributed by atoms with E-state index in [0.717, 1.165) is 25.0 Å². The second-order valence-corrected chi connectivity index (χ2v) is 4.46. The lowest BCUT2D eigenvalue weighted by molar-refractivity contribution is 0.106. The van der Waals surface area contributed by atoms with E-state index in [-0.39, 0.29) is 6.10 Å². The number of hydrogen-bond acceptors (Lipinski definition) is 2. The van der Waals surface area contributed by atoms with Gasteiger partial charge in [-0.05, 0) is 37.5 Å². The number of ether oxygens (including phenoxy) is 1. The molecule has 1 aliphatic rings. The molecule has 1 saturated carbocycles. The van der Waals surface area contributed by atoms with Crippen LogP contribution >= 0.6 is 0 Å². The highest BCUT2D eigenvalue weighted by atomic mass is 16.5. The summed E-state index contributed by atoms with van der Waals surface area (Å²) in [5.74, 6) is 1.21. The Balaban J connectivity index is 2.15. The van der Waals surface area contributed by atoms with Crippen molar-refractivity contribution in [2.24, 2.45) is 0 Å². The Kier molecular flexibility index (Phi) is 3.83. The first kappa shape index (κ1) is 11.5. The van der Waals surface area contributed by atoms with Gasteiger partial charge in [0.05, 0.1) is 12.7 Å². The fourth-order valence-corrected chi connectivity index (χ4v) is 2.50. The Morgan fingerprint density at radius 3 is 2.88 bits per heavy atom. The molecule has 16 heavy (non-hydrogen) atoms. The third kappa shape index (κ3) is 2.56. The van der Waals surface area contributed by atoms with E-state index >= 15 is 0 Å². The minimum atomic E-state index is -0.175. The molecule has 0 heterocycles. The maximum atomic E-state index is 10.0. The van der Waals surface area contributed by atoms with Crippen molar-refractivity contribution in [1.82, 2.24) is 0 Å². The smallest absolute Gasteiger partial charge is 0.119 e. The van der Waals surface area contributed by atoms with Gasteiger partial charge in [0.1, 0.15) is 5.75 Å². The molecule has 0 saturated heterocycles. The molecule has 1 aliphatic carbocycles. The predicted octanol–water partition coefficient (Wildman–Crippen LogP) is 3.10. The summed E-state index contributed by atoms with van der Waals surface area (Å²) < 4.78 is 5.49. The average Bonchev–Trinajstić information content (AvgIpc) is 2.30. The molecule has 1 fully saturated rings. The lowest BCUT2D eigenvalue weighted by atomic mass is 9.82. The highest BCUT2D eigenvalue weighted by Gasteiger charge is 2.24. The standard InChI is InChI=1S/C14H20O2/c1-2-16-12-7-5-6-11(10-12)13-8-3-4-9-14(13)15/h5-7,10,13-15H,2-4,8-9H2,1H3/t13-,14+/m1/s1. The number of benzene rings is 1. The van der Waals surface area contributed by atoms with Crippen LogP contribution in [-0.4, -0.2) is 17.8 Å². The zero-order valence-electron chi connectivity index (χ0n) is 9.86. The van der Waals surface area contributed by atoms with Gasteiger partial charge in [-0.25, -0.2) is 0 Å². The van der Waals surface area contributed by atoms with E-state index in [9.17, 15) is 5.11 Å². The van der Waals surface area contributed by atoms with Crippen molar-refractivity contribution in [2.75, 3.05) is 6.61 Å². The number of aliphatic hydroxyl groups excluding tert-OH is 1. The summed E-state index contributed by atoms with van der Waals surface area (Å²) in [6.45, 7) is 2.68. The van der Waals surface area contributed by atoms with Gasteiger partial charge in [-0.2, -0.15) is 0 Å². The number of rotatable bonds is 3. The summed E-state index contributed by atoms with van der Waals surface area (Å²) in [7, 11) is 0. The van der Waals surface area contributed by atoms with Crippen LogP contribution < -0.4 is 4.74 Å². The fraction of sp³-hybridized carbons (Fsp3) is 0.571. The normalized spacial score (nSPS) is 25.4. The molecular formula is C14H20O2. The maximum absolute atomic E-state index is 10.0. The lowest BCUT2D eigenvalue weighted by Crippen LogP contribution is -2.22. The molecule has 2 heteroatoms. The third-order valence-corrected chi connectivity index (χ3v) is 3.33. The monoisotopic (exact) mass is 220 g/mol. The third-order valence-electron chi connectivity index (χ3n) is 3.33. The maximum Gasteiger partial charge on any atom is 0.119 e. The summed E-state index contributed by atoms with van der Waals surface area (Å²) in [5.41, 5.74) is 1.22. The van der Waals surface area contributed by atoms with E-state index in [1.165, 1.54) is 12.0 Å². The van der Waals surface area contributed by atoms with Crippen LogP contribution in [0.4, 0.5) is 0 Å². The summed E-state index contributed by atoms with van der Waals surface area (Å²) in [6, 6.07) is 8.16. The molecule has 1 aromatic rings. The first-order valence-corrected chi connectivity index (χ1v) is 6.22. The van der Waals surface area contributed by atoms with Crippen LogP contribution in [0.15, 0.2) is 24.3 Å². The zero-order valence-corrected chi connectivity index (χ0v) is 9.86. The lowest BCUT2D eigenvalue weighted by Gasteiger charge is -2.28. The van der Waals surface area contributed by atoms with Gasteiger partial charge in [0.2, 0.25) is 0 Å². The van der Waals surface area contributed by atoms with Crippen molar-refractivity contribution in [3.63, 3.8) is 0 Å². The van der Waals surface area contributed by atoms with E-state index in [1.807, 2.05) is 19.1 Å². The minimum Gasteiger partial charge on any atom is -0.494 e. The summed E-state index contributed by atoms with van der Waals surface area (Å²) in [5, 5.41) is 10.0. The van der Waals surface area contributed by atoms with Gasteiger partial charge in [0, 0.05) is 5.92 Å². The van der Waals surface area contributed by atoms with Crippen molar-refractivity contribution in [3.8, 4) is 5.75 Å². The Bertz CT molecular complexity index is 335. The van der Waals surface area contributed by atoms with Crippen LogP contribution in [0.25, 0.3) is 0 Å². The quantitative estimate of drug-likeness (QED) is 0.848. The number of aliphatic hydroxyl groups is 1. The number of hydrogen-bond donors (Lipinski definition) is 1. The van der Waals surface area contributed by atoms with Gasteiger partial charge in [-0.1, -0.05) is 25.0 Å². The molecule has 0 bridgehead atoms. The van der Waals surface area contributed by atoms with Crippen molar-refractivity contribution < 1.29 is 9.84 Å². The van der Waals surface area contributed by atoms with Crippen LogP contribution in [-0.2, 0) is 0 Å². The van der Waals surface area contributed by atoms with Crippen molar-refractivity contribution in [1.29, 1.82) is 0 Å². The van der Waals surface area contributed by atoms with E-state index < -0.39 is 0 Å². The van der Waals surface area contributed by atoms with E-state index in [0.29, 0.717) is 12.5 Å². The van der Waals surface area contributed by atoms with Gasteiger partial charge in [-0.3, -0.25) is 0 Å². The van der Waals surface area contributed by atoms with Gasteiger partial charge < -0.3 is 9.84 Å². The molecule has 0 radical (unpaired) electrons. The summed E-state index contributed by atoms with van der Waals surface area (Å²) in [4.78, 5) is 0. The summed E-state index contributed by atoms with van der Waals surface area (Å²) >= 11 is 0. The first-order valence-electron chi connectivity index (χ1n) is 6.22. The topological polar surface area (TPSA) is 29.5 Å². The molecule has 1 aromatic carbocycles. The van der Waals surface area contributed by atoms with Crippen LogP contribution in [0, 0.1) is 0 Å². The van der Waals surface area contributed by atoms with Crippen LogP contribution in [0.5, 0.6) is 5.75 Å². The van der Waals surface area contributed by atoms with Crippen molar-refractivity contribution in [3.05, 3.63) is 29.8 Å². The summed E-state index contributed by atoms with van der Waals surface area (Å²) in [6.07, 6.45) is 4.23. The molecule has 0 amide bonds. The molecule has 88 valence electrons. The predicted molar refractivity (Wildman–Crippen MR) is 64.8 cm³/mol. The Morgan fingerprint density at radius 1 is 1.31 bits per heavy atom. The molecule has 2 rings (SSSR count). The Hall–Kier alpha value is -1.02. The SMILES string of the molecule is CCOc1cccc([C@H]2CCCC[C@@H]2O)c1.